The number of hydrogen-bond donors (Lipinski definition) is 0. The van der Waals surface area contributed by atoms with Crippen LogP contribution in [-0.2, 0) is 0 Å². The van der Waals surface area contributed by atoms with Crippen LogP contribution in [0.1, 0.15) is 33.4 Å². The summed E-state index contributed by atoms with van der Waals surface area (Å²) in [5.41, 5.74) is 7.87. The molecule has 6 rings (SSSR count). The predicted octanol–water partition coefficient (Wildman–Crippen LogP) is 9.58. The predicted molar refractivity (Wildman–Crippen MR) is 213 cm³/mol. The molecule has 0 heterocycles. The molecule has 0 saturated heterocycles. The number of halogens is 2. The lowest BCUT2D eigenvalue weighted by atomic mass is 10.2. The van der Waals surface area contributed by atoms with Gasteiger partial charge in [-0.15, -0.1) is 24.8 Å². The molecule has 236 valence electrons. The molecule has 6 aromatic carbocycles. The van der Waals surface area contributed by atoms with Gasteiger partial charge in [0, 0.05) is 0 Å². The molecule has 0 aliphatic heterocycles. The third-order valence-electron chi connectivity index (χ3n) is 7.75. The largest absolute Gasteiger partial charge is 0.147 e. The highest BCUT2D eigenvalue weighted by molar-refractivity contribution is 7.80. The zero-order valence-electron chi connectivity index (χ0n) is 27.6. The van der Waals surface area contributed by atoms with Crippen molar-refractivity contribution < 1.29 is 0 Å². The van der Waals surface area contributed by atoms with Gasteiger partial charge in [0.2, 0.25) is 0 Å². The van der Waals surface area contributed by atoms with Crippen molar-refractivity contribution in [3.63, 3.8) is 0 Å². The van der Waals surface area contributed by atoms with Crippen LogP contribution < -0.4 is 31.8 Å². The van der Waals surface area contributed by atoms with Crippen LogP contribution in [0.5, 0.6) is 0 Å². The van der Waals surface area contributed by atoms with Crippen molar-refractivity contribution >= 4 is 72.5 Å². The normalized spacial score (nSPS) is 10.4. The second-order valence-electron chi connectivity index (χ2n) is 11.7. The van der Waals surface area contributed by atoms with Crippen molar-refractivity contribution in [3.8, 4) is 0 Å². The summed E-state index contributed by atoms with van der Waals surface area (Å²) < 4.78 is 0. The van der Waals surface area contributed by atoms with Crippen LogP contribution in [0, 0.1) is 41.5 Å². The van der Waals surface area contributed by atoms with Crippen LogP contribution in [0.3, 0.4) is 0 Å². The number of hydrogen-bond acceptors (Lipinski definition) is 0. The van der Waals surface area contributed by atoms with Gasteiger partial charge in [-0.3, -0.25) is 0 Å². The van der Waals surface area contributed by atoms with Gasteiger partial charge < -0.3 is 0 Å². The van der Waals surface area contributed by atoms with Gasteiger partial charge in [0.25, 0.3) is 0 Å². The van der Waals surface area contributed by atoms with Gasteiger partial charge >= 0.3 is 0 Å². The molecule has 46 heavy (non-hydrogen) atoms. The van der Waals surface area contributed by atoms with Crippen molar-refractivity contribution in [3.05, 3.63) is 179 Å². The highest BCUT2D eigenvalue weighted by Gasteiger charge is 2.17. The molecule has 4 heteroatoms. The van der Waals surface area contributed by atoms with E-state index < -0.39 is 15.8 Å². The zero-order chi connectivity index (χ0) is 31.1. The van der Waals surface area contributed by atoms with Crippen LogP contribution in [0.2, 0.25) is 0 Å². The minimum Gasteiger partial charge on any atom is -0.147 e. The molecule has 0 N–H and O–H groups in total. The van der Waals surface area contributed by atoms with Crippen LogP contribution in [-0.4, -0.2) is 0 Å². The number of rotatable bonds is 6. The first-order valence-electron chi connectivity index (χ1n) is 15.3. The Kier molecular flexibility index (Phi) is 14.3. The summed E-state index contributed by atoms with van der Waals surface area (Å²) in [6, 6.07) is 53.9. The molecule has 0 bridgehead atoms. The van der Waals surface area contributed by atoms with Crippen LogP contribution in [0.15, 0.2) is 146 Å². The zero-order valence-corrected chi connectivity index (χ0v) is 31.0. The molecular formula is C42H44Cl2P2. The topological polar surface area (TPSA) is 0 Å². The Labute approximate surface area is 291 Å². The van der Waals surface area contributed by atoms with Crippen molar-refractivity contribution in [2.24, 2.45) is 0 Å². The van der Waals surface area contributed by atoms with Gasteiger partial charge in [0.1, 0.15) is 0 Å². The van der Waals surface area contributed by atoms with Crippen molar-refractivity contribution in [1.82, 2.24) is 0 Å². The van der Waals surface area contributed by atoms with Crippen LogP contribution >= 0.6 is 40.7 Å². The monoisotopic (exact) mass is 680 g/mol. The lowest BCUT2D eigenvalue weighted by Gasteiger charge is -2.20. The number of benzene rings is 6. The Morgan fingerprint density at radius 2 is 0.326 bits per heavy atom. The summed E-state index contributed by atoms with van der Waals surface area (Å²) in [6.45, 7) is 12.9. The molecular weight excluding hydrogens is 637 g/mol. The lowest BCUT2D eigenvalue weighted by molar-refractivity contribution is 1.48. The molecule has 6 aromatic rings. The molecule has 0 unspecified atom stereocenters. The first kappa shape index (κ1) is 37.2. The van der Waals surface area contributed by atoms with E-state index in [0.29, 0.717) is 0 Å². The van der Waals surface area contributed by atoms with Crippen LogP contribution in [0.4, 0.5) is 0 Å². The number of aryl methyl sites for hydroxylation is 6. The van der Waals surface area contributed by atoms with E-state index >= 15 is 0 Å². The van der Waals surface area contributed by atoms with Crippen molar-refractivity contribution in [2.75, 3.05) is 0 Å². The minimum absolute atomic E-state index is 0. The summed E-state index contributed by atoms with van der Waals surface area (Å²) in [6.07, 6.45) is 0. The fraction of sp³-hybridized carbons (Fsp3) is 0.143. The molecule has 0 aromatic heterocycles. The average molecular weight is 682 g/mol. The maximum absolute atomic E-state index is 2.28. The van der Waals surface area contributed by atoms with E-state index in [4.69, 9.17) is 0 Å². The highest BCUT2D eigenvalue weighted by Crippen LogP contribution is 2.34. The molecule has 0 nitrogen and oxygen atoms in total. The first-order valence-corrected chi connectivity index (χ1v) is 18.0. The van der Waals surface area contributed by atoms with Gasteiger partial charge in [0.05, 0.1) is 0 Å². The van der Waals surface area contributed by atoms with Gasteiger partial charge in [-0.2, -0.15) is 0 Å². The molecule has 0 amide bonds. The van der Waals surface area contributed by atoms with Gasteiger partial charge in [-0.25, -0.2) is 0 Å². The fourth-order valence-corrected chi connectivity index (χ4v) is 9.53. The van der Waals surface area contributed by atoms with Crippen molar-refractivity contribution in [2.45, 2.75) is 41.5 Å². The Hall–Kier alpha value is -3.24. The summed E-state index contributed by atoms with van der Waals surface area (Å²) in [5.74, 6) is 0. The Morgan fingerprint density at radius 3 is 0.435 bits per heavy atom. The lowest BCUT2D eigenvalue weighted by Crippen LogP contribution is -2.20. The maximum atomic E-state index is 2.28. The van der Waals surface area contributed by atoms with Gasteiger partial charge in [0.15, 0.2) is 0 Å². The average Bonchev–Trinajstić information content (AvgIpc) is 3.03. The van der Waals surface area contributed by atoms with Gasteiger partial charge in [-0.05, 0) is 89.2 Å². The molecule has 0 saturated carbocycles. The second kappa shape index (κ2) is 17.6. The van der Waals surface area contributed by atoms with Crippen LogP contribution in [0.25, 0.3) is 0 Å². The SMILES string of the molecule is Cc1ccc(P(c2ccc(C)cc2)c2ccc(C)cc2)cc1.Cc1ccc(P(c2ccc(C)cc2)c2ccc(C)cc2)cc1.Cl.Cl. The molecule has 0 spiro atoms. The molecule has 0 radical (unpaired) electrons. The van der Waals surface area contributed by atoms with E-state index in [1.807, 2.05) is 0 Å². The summed E-state index contributed by atoms with van der Waals surface area (Å²) in [7, 11) is -0.966. The third-order valence-corrected chi connectivity index (χ3v) is 12.6. The Morgan fingerprint density at radius 1 is 0.217 bits per heavy atom. The molecule has 0 aliphatic carbocycles. The summed E-state index contributed by atoms with van der Waals surface area (Å²) >= 11 is 0. The van der Waals surface area contributed by atoms with Gasteiger partial charge in [-0.1, -0.05) is 179 Å². The third kappa shape index (κ3) is 9.88. The Bertz CT molecular complexity index is 1410. The van der Waals surface area contributed by atoms with E-state index in [1.165, 1.54) is 65.2 Å². The van der Waals surface area contributed by atoms with E-state index in [0.717, 1.165) is 0 Å². The molecule has 0 fully saturated rings. The Balaban J connectivity index is 0.000000240. The van der Waals surface area contributed by atoms with E-state index in [2.05, 4.69) is 187 Å². The molecule has 0 aliphatic rings. The van der Waals surface area contributed by atoms with E-state index in [9.17, 15) is 0 Å². The standard InChI is InChI=1S/2C21H21P.2ClH/c2*1-16-4-10-19(11-5-16)22(20-12-6-17(2)7-13-20)21-14-8-18(3)9-15-21;;/h2*4-15H,1-3H3;2*1H. The summed E-state index contributed by atoms with van der Waals surface area (Å²) in [4.78, 5) is 0. The highest BCUT2D eigenvalue weighted by atomic mass is 35.5. The van der Waals surface area contributed by atoms with E-state index in [1.54, 1.807) is 0 Å². The van der Waals surface area contributed by atoms with Crippen molar-refractivity contribution in [1.29, 1.82) is 0 Å². The molecule has 0 atom stereocenters. The minimum atomic E-state index is -0.483. The summed E-state index contributed by atoms with van der Waals surface area (Å²) in [5, 5.41) is 8.46. The smallest absolute Gasteiger partial charge is 0.0134 e. The maximum Gasteiger partial charge on any atom is -0.0134 e. The quantitative estimate of drug-likeness (QED) is 0.154. The first-order chi connectivity index (χ1) is 21.3. The second-order valence-corrected chi connectivity index (χ2v) is 16.1. The fourth-order valence-electron chi connectivity index (χ4n) is 5.06. The van der Waals surface area contributed by atoms with E-state index in [-0.39, 0.29) is 24.8 Å².